The molecule has 1 aliphatic rings. The Kier molecular flexibility index (Phi) is 7.14. The number of piperazine rings is 1. The molecular weight excluding hydrogens is 446 g/mol. The number of primary amides is 1. The van der Waals surface area contributed by atoms with Gasteiger partial charge in [-0.25, -0.2) is 4.79 Å². The molecule has 3 aromatic carbocycles. The van der Waals surface area contributed by atoms with Gasteiger partial charge in [0.25, 0.3) is 0 Å². The lowest BCUT2D eigenvalue weighted by molar-refractivity contribution is 0.253. The summed E-state index contributed by atoms with van der Waals surface area (Å²) in [5.74, 6) is 0. The number of hydrogen-bond donors (Lipinski definition) is 1. The van der Waals surface area contributed by atoms with Gasteiger partial charge in [-0.05, 0) is 60.9 Å². The van der Waals surface area contributed by atoms with Gasteiger partial charge < -0.3 is 10.6 Å². The van der Waals surface area contributed by atoms with Crippen molar-refractivity contribution in [1.82, 2.24) is 9.88 Å². The molecule has 6 nitrogen and oxygen atoms in total. The maximum atomic E-state index is 12.2. The molecule has 2 N–H and O–H groups in total. The van der Waals surface area contributed by atoms with Crippen LogP contribution in [0.25, 0.3) is 10.9 Å². The fraction of sp³-hybridized carbons (Fsp3) is 0.267. The highest BCUT2D eigenvalue weighted by atomic mass is 16.2. The van der Waals surface area contributed by atoms with Crippen molar-refractivity contribution in [3.63, 3.8) is 0 Å². The molecule has 1 saturated heterocycles. The van der Waals surface area contributed by atoms with E-state index in [1.165, 1.54) is 16.6 Å². The molecule has 2 amide bonds. The minimum Gasteiger partial charge on any atom is -0.368 e. The molecule has 0 radical (unpaired) electrons. The van der Waals surface area contributed by atoms with Crippen molar-refractivity contribution in [1.29, 1.82) is 0 Å². The van der Waals surface area contributed by atoms with Gasteiger partial charge in [-0.3, -0.25) is 14.8 Å². The maximum Gasteiger partial charge on any atom is 0.319 e. The Morgan fingerprint density at radius 3 is 2.42 bits per heavy atom. The number of aromatic nitrogens is 1. The number of rotatable bonds is 7. The lowest BCUT2D eigenvalue weighted by atomic mass is 10.1. The normalized spacial score (nSPS) is 14.2. The van der Waals surface area contributed by atoms with Crippen LogP contribution in [-0.2, 0) is 13.0 Å². The molecule has 0 unspecified atom stereocenters. The molecule has 2 heterocycles. The average Bonchev–Trinajstić information content (AvgIpc) is 2.91. The average molecular weight is 480 g/mol. The van der Waals surface area contributed by atoms with Gasteiger partial charge >= 0.3 is 6.03 Å². The number of anilines is 2. The number of hydrogen-bond acceptors (Lipinski definition) is 4. The minimum absolute atomic E-state index is 0.439. The fourth-order valence-corrected chi connectivity index (χ4v) is 4.96. The summed E-state index contributed by atoms with van der Waals surface area (Å²) in [6, 6.07) is 28.4. The van der Waals surface area contributed by atoms with Crippen LogP contribution in [-0.4, -0.2) is 48.6 Å². The first-order valence-corrected chi connectivity index (χ1v) is 12.6. The zero-order valence-corrected chi connectivity index (χ0v) is 20.8. The van der Waals surface area contributed by atoms with E-state index >= 15 is 0 Å². The third-order valence-corrected chi connectivity index (χ3v) is 6.95. The third kappa shape index (κ3) is 5.50. The van der Waals surface area contributed by atoms with Crippen molar-refractivity contribution in [3.05, 3.63) is 102 Å². The van der Waals surface area contributed by atoms with Crippen LogP contribution in [0.15, 0.2) is 84.9 Å². The van der Waals surface area contributed by atoms with Crippen molar-refractivity contribution in [2.75, 3.05) is 42.5 Å². The number of nitrogens with two attached hydrogens (primary N) is 1. The van der Waals surface area contributed by atoms with Crippen molar-refractivity contribution < 1.29 is 4.79 Å². The monoisotopic (exact) mass is 479 g/mol. The number of urea groups is 1. The lowest BCUT2D eigenvalue weighted by Crippen LogP contribution is -2.47. The van der Waals surface area contributed by atoms with E-state index in [2.05, 4.69) is 52.3 Å². The summed E-state index contributed by atoms with van der Waals surface area (Å²) in [6.07, 6.45) is 0.934. The number of aryl methyl sites for hydroxylation is 1. The zero-order chi connectivity index (χ0) is 24.9. The van der Waals surface area contributed by atoms with Gasteiger partial charge in [-0.15, -0.1) is 0 Å². The van der Waals surface area contributed by atoms with Crippen LogP contribution in [0.3, 0.4) is 0 Å². The lowest BCUT2D eigenvalue weighted by Gasteiger charge is -2.36. The largest absolute Gasteiger partial charge is 0.368 e. The molecule has 1 fully saturated rings. The topological polar surface area (TPSA) is 65.7 Å². The van der Waals surface area contributed by atoms with E-state index in [1.807, 2.05) is 49.4 Å². The van der Waals surface area contributed by atoms with Gasteiger partial charge in [0.15, 0.2) is 0 Å². The van der Waals surface area contributed by atoms with Crippen molar-refractivity contribution in [2.45, 2.75) is 19.9 Å². The Labute approximate surface area is 213 Å². The summed E-state index contributed by atoms with van der Waals surface area (Å²) in [5, 5.41) is 1.22. The summed E-state index contributed by atoms with van der Waals surface area (Å²) in [7, 11) is 0. The van der Waals surface area contributed by atoms with Crippen LogP contribution < -0.4 is 15.5 Å². The molecule has 36 heavy (non-hydrogen) atoms. The SMILES string of the molecule is Cc1ccc2c(N3CCN(CCc4cccc(N(Cc5ccccc5)C(N)=O)c4)CC3)cccc2n1. The molecular formula is C30H33N5O. The second-order valence-corrected chi connectivity index (χ2v) is 9.46. The summed E-state index contributed by atoms with van der Waals surface area (Å²) in [4.78, 5) is 23.5. The van der Waals surface area contributed by atoms with Crippen LogP contribution in [0.2, 0.25) is 0 Å². The Hall–Kier alpha value is -3.90. The molecule has 0 saturated carbocycles. The fourth-order valence-electron chi connectivity index (χ4n) is 4.96. The molecule has 0 atom stereocenters. The van der Waals surface area contributed by atoms with E-state index in [0.717, 1.165) is 61.6 Å². The third-order valence-electron chi connectivity index (χ3n) is 6.95. The second kappa shape index (κ2) is 10.8. The van der Waals surface area contributed by atoms with Gasteiger partial charge in [0.1, 0.15) is 0 Å². The van der Waals surface area contributed by atoms with Crippen LogP contribution in [0.4, 0.5) is 16.2 Å². The van der Waals surface area contributed by atoms with Crippen LogP contribution in [0.1, 0.15) is 16.8 Å². The van der Waals surface area contributed by atoms with Gasteiger partial charge in [-0.2, -0.15) is 0 Å². The Morgan fingerprint density at radius 2 is 1.64 bits per heavy atom. The van der Waals surface area contributed by atoms with Gasteiger partial charge in [0.05, 0.1) is 12.1 Å². The quantitative estimate of drug-likeness (QED) is 0.405. The number of fused-ring (bicyclic) bond motifs is 1. The van der Waals surface area contributed by atoms with E-state index < -0.39 is 6.03 Å². The number of carbonyl (C=O) groups excluding carboxylic acids is 1. The van der Waals surface area contributed by atoms with Crippen molar-refractivity contribution >= 4 is 28.3 Å². The number of nitrogens with zero attached hydrogens (tertiary/aromatic N) is 4. The van der Waals surface area contributed by atoms with Crippen LogP contribution in [0, 0.1) is 6.92 Å². The van der Waals surface area contributed by atoms with E-state index in [1.54, 1.807) is 4.90 Å². The number of pyridine rings is 1. The summed E-state index contributed by atoms with van der Waals surface area (Å²) in [5.41, 5.74) is 12.2. The molecule has 6 heteroatoms. The standard InChI is InChI=1S/C30H33N5O/c1-23-13-14-27-28(32-23)11-6-12-29(27)34-19-17-33(18-20-34)16-15-24-9-5-10-26(21-24)35(30(31)36)22-25-7-3-2-4-8-25/h2-14,21H,15-20,22H2,1H3,(H2,31,36). The van der Waals surface area contributed by atoms with E-state index in [-0.39, 0.29) is 0 Å². The van der Waals surface area contributed by atoms with Crippen LogP contribution in [0.5, 0.6) is 0 Å². The predicted octanol–water partition coefficient (Wildman–Crippen LogP) is 4.99. The Balaban J connectivity index is 1.19. The molecule has 184 valence electrons. The van der Waals surface area contributed by atoms with Crippen molar-refractivity contribution in [2.24, 2.45) is 5.73 Å². The first-order chi connectivity index (χ1) is 17.6. The molecule has 1 aliphatic heterocycles. The summed E-state index contributed by atoms with van der Waals surface area (Å²) in [6.45, 7) is 7.54. The number of benzene rings is 3. The highest BCUT2D eigenvalue weighted by Crippen LogP contribution is 2.27. The molecule has 4 aromatic rings. The minimum atomic E-state index is -0.439. The maximum absolute atomic E-state index is 12.2. The van der Waals surface area contributed by atoms with Crippen LogP contribution >= 0.6 is 0 Å². The highest BCUT2D eigenvalue weighted by Gasteiger charge is 2.19. The van der Waals surface area contributed by atoms with E-state index in [0.29, 0.717) is 6.54 Å². The van der Waals surface area contributed by atoms with E-state index in [9.17, 15) is 4.79 Å². The smallest absolute Gasteiger partial charge is 0.319 e. The second-order valence-electron chi connectivity index (χ2n) is 9.46. The molecule has 0 bridgehead atoms. The van der Waals surface area contributed by atoms with Gasteiger partial charge in [0, 0.05) is 55.2 Å². The van der Waals surface area contributed by atoms with Gasteiger partial charge in [0.2, 0.25) is 0 Å². The van der Waals surface area contributed by atoms with Crippen molar-refractivity contribution in [3.8, 4) is 0 Å². The first-order valence-electron chi connectivity index (χ1n) is 12.6. The summed E-state index contributed by atoms with van der Waals surface area (Å²) < 4.78 is 0. The molecule has 0 aliphatic carbocycles. The number of carbonyl (C=O) groups is 1. The Morgan fingerprint density at radius 1 is 0.889 bits per heavy atom. The first kappa shape index (κ1) is 23.8. The molecule has 0 spiro atoms. The number of amides is 2. The van der Waals surface area contributed by atoms with E-state index in [4.69, 9.17) is 10.7 Å². The highest BCUT2D eigenvalue weighted by molar-refractivity contribution is 5.92. The Bertz CT molecular complexity index is 1330. The summed E-state index contributed by atoms with van der Waals surface area (Å²) >= 11 is 0. The predicted molar refractivity (Wildman–Crippen MR) is 147 cm³/mol. The molecule has 5 rings (SSSR count). The molecule has 1 aromatic heterocycles. The zero-order valence-electron chi connectivity index (χ0n) is 20.8. The van der Waals surface area contributed by atoms with Gasteiger partial charge in [-0.1, -0.05) is 48.5 Å².